The molecule has 5 nitrogen and oxygen atoms in total. The van der Waals surface area contributed by atoms with Crippen molar-refractivity contribution in [2.45, 2.75) is 31.6 Å². The Morgan fingerprint density at radius 1 is 1.00 bits per heavy atom. The first-order valence-corrected chi connectivity index (χ1v) is 10.9. The van der Waals surface area contributed by atoms with Crippen LogP contribution in [0, 0.1) is 12.8 Å². The molecule has 0 aliphatic carbocycles. The lowest BCUT2D eigenvalue weighted by Crippen LogP contribution is -2.39. The van der Waals surface area contributed by atoms with E-state index in [2.05, 4.69) is 0 Å². The highest BCUT2D eigenvalue weighted by atomic mass is 32.2. The Kier molecular flexibility index (Phi) is 6.39. The molecule has 1 saturated heterocycles. The topological polar surface area (TPSA) is 55.8 Å². The zero-order valence-electron chi connectivity index (χ0n) is 15.9. The van der Waals surface area contributed by atoms with Gasteiger partial charge in [-0.1, -0.05) is 12.1 Å². The van der Waals surface area contributed by atoms with Crippen molar-refractivity contribution in [1.82, 2.24) is 4.31 Å². The van der Waals surface area contributed by atoms with E-state index in [1.165, 1.54) is 5.56 Å². The Balaban J connectivity index is 1.54. The molecule has 0 aromatic heterocycles. The molecule has 0 spiro atoms. The van der Waals surface area contributed by atoms with Gasteiger partial charge in [0.25, 0.3) is 0 Å². The smallest absolute Gasteiger partial charge is 0.243 e. The van der Waals surface area contributed by atoms with Gasteiger partial charge in [0.1, 0.15) is 11.5 Å². The quantitative estimate of drug-likeness (QED) is 0.721. The fourth-order valence-electron chi connectivity index (χ4n) is 3.26. The highest BCUT2D eigenvalue weighted by Gasteiger charge is 2.29. The van der Waals surface area contributed by atoms with E-state index < -0.39 is 10.0 Å². The first kappa shape index (κ1) is 19.7. The molecule has 0 bridgehead atoms. The number of rotatable bonds is 7. The number of nitrogens with zero attached hydrogens (tertiary/aromatic N) is 1. The second kappa shape index (κ2) is 8.76. The van der Waals surface area contributed by atoms with Crippen molar-refractivity contribution in [3.05, 3.63) is 54.1 Å². The van der Waals surface area contributed by atoms with Crippen molar-refractivity contribution in [2.24, 2.45) is 5.92 Å². The summed E-state index contributed by atoms with van der Waals surface area (Å²) in [6.07, 6.45) is 1.62. The fourth-order valence-corrected chi connectivity index (χ4v) is 4.73. The molecule has 2 aromatic carbocycles. The minimum Gasteiger partial charge on any atom is -0.494 e. The molecule has 0 amide bonds. The molecular weight excluding hydrogens is 362 g/mol. The molecule has 1 aliphatic heterocycles. The normalized spacial score (nSPS) is 16.2. The highest BCUT2D eigenvalue weighted by Crippen LogP contribution is 2.26. The fraction of sp³-hybridized carbons (Fsp3) is 0.429. The summed E-state index contributed by atoms with van der Waals surface area (Å²) in [4.78, 5) is 0.320. The van der Waals surface area contributed by atoms with Gasteiger partial charge in [0.05, 0.1) is 18.1 Å². The molecule has 0 unspecified atom stereocenters. The van der Waals surface area contributed by atoms with E-state index in [0.717, 1.165) is 18.6 Å². The Labute approximate surface area is 162 Å². The van der Waals surface area contributed by atoms with E-state index in [1.54, 1.807) is 28.6 Å². The summed E-state index contributed by atoms with van der Waals surface area (Å²) in [6.45, 7) is 6.17. The number of benzene rings is 2. The van der Waals surface area contributed by atoms with E-state index in [0.29, 0.717) is 42.9 Å². The molecule has 0 saturated carbocycles. The molecule has 3 rings (SSSR count). The number of ether oxygens (including phenoxy) is 2. The lowest BCUT2D eigenvalue weighted by atomic mass is 9.99. The second-order valence-corrected chi connectivity index (χ2v) is 8.82. The second-order valence-electron chi connectivity index (χ2n) is 6.88. The van der Waals surface area contributed by atoms with E-state index in [-0.39, 0.29) is 0 Å². The van der Waals surface area contributed by atoms with Crippen LogP contribution in [-0.2, 0) is 10.0 Å². The minimum atomic E-state index is -3.45. The Morgan fingerprint density at radius 3 is 2.33 bits per heavy atom. The van der Waals surface area contributed by atoms with Crippen LogP contribution < -0.4 is 9.47 Å². The summed E-state index contributed by atoms with van der Waals surface area (Å²) in [5.41, 5.74) is 1.17. The predicted molar refractivity (Wildman–Crippen MR) is 106 cm³/mol. The van der Waals surface area contributed by atoms with Crippen LogP contribution in [0.3, 0.4) is 0 Å². The van der Waals surface area contributed by atoms with Crippen LogP contribution in [0.15, 0.2) is 53.4 Å². The van der Waals surface area contributed by atoms with Crippen molar-refractivity contribution in [2.75, 3.05) is 26.3 Å². The maximum absolute atomic E-state index is 12.8. The Hall–Kier alpha value is -2.05. The number of sulfonamides is 1. The first-order chi connectivity index (χ1) is 13.0. The number of hydrogen-bond acceptors (Lipinski definition) is 4. The maximum Gasteiger partial charge on any atom is 0.243 e. The number of piperidine rings is 1. The van der Waals surface area contributed by atoms with Crippen LogP contribution in [0.1, 0.15) is 25.3 Å². The molecule has 2 aromatic rings. The molecule has 27 heavy (non-hydrogen) atoms. The lowest BCUT2D eigenvalue weighted by Gasteiger charge is -2.31. The zero-order valence-corrected chi connectivity index (χ0v) is 16.7. The zero-order chi connectivity index (χ0) is 19.3. The Bertz CT molecular complexity index is 841. The van der Waals surface area contributed by atoms with Crippen molar-refractivity contribution in [3.63, 3.8) is 0 Å². The monoisotopic (exact) mass is 389 g/mol. The van der Waals surface area contributed by atoms with Crippen LogP contribution in [0.5, 0.6) is 11.5 Å². The first-order valence-electron chi connectivity index (χ1n) is 9.41. The summed E-state index contributed by atoms with van der Waals surface area (Å²) in [7, 11) is -3.45. The SMILES string of the molecule is CCOc1ccc(S(=O)(=O)N2CCC(COc3cccc(C)c3)CC2)cc1. The average Bonchev–Trinajstić information content (AvgIpc) is 2.67. The van der Waals surface area contributed by atoms with Gasteiger partial charge in [-0.05, 0) is 74.6 Å². The Morgan fingerprint density at radius 2 is 1.70 bits per heavy atom. The molecule has 0 radical (unpaired) electrons. The van der Waals surface area contributed by atoms with E-state index in [9.17, 15) is 8.42 Å². The van der Waals surface area contributed by atoms with Crippen LogP contribution in [0.4, 0.5) is 0 Å². The van der Waals surface area contributed by atoms with Gasteiger partial charge in [-0.2, -0.15) is 4.31 Å². The molecule has 0 atom stereocenters. The number of hydrogen-bond donors (Lipinski definition) is 0. The van der Waals surface area contributed by atoms with Gasteiger partial charge in [-0.15, -0.1) is 0 Å². The van der Waals surface area contributed by atoms with Crippen molar-refractivity contribution < 1.29 is 17.9 Å². The standard InChI is InChI=1S/C21H27NO4S/c1-3-25-19-7-9-21(10-8-19)27(23,24)22-13-11-18(12-14-22)16-26-20-6-4-5-17(2)15-20/h4-10,15,18H,3,11-14,16H2,1-2H3. The molecular formula is C21H27NO4S. The molecule has 0 N–H and O–H groups in total. The summed E-state index contributed by atoms with van der Waals surface area (Å²) in [6, 6.07) is 14.6. The van der Waals surface area contributed by atoms with Gasteiger partial charge >= 0.3 is 0 Å². The minimum absolute atomic E-state index is 0.320. The van der Waals surface area contributed by atoms with E-state index in [4.69, 9.17) is 9.47 Å². The maximum atomic E-state index is 12.8. The molecule has 146 valence electrons. The van der Waals surface area contributed by atoms with Gasteiger partial charge in [0, 0.05) is 13.1 Å². The van der Waals surface area contributed by atoms with Crippen LogP contribution in [0.25, 0.3) is 0 Å². The molecule has 1 aliphatic rings. The summed E-state index contributed by atoms with van der Waals surface area (Å²) in [5.74, 6) is 1.93. The van der Waals surface area contributed by atoms with Gasteiger partial charge in [0.2, 0.25) is 10.0 Å². The predicted octanol–water partition coefficient (Wildman–Crippen LogP) is 3.87. The molecule has 6 heteroatoms. The van der Waals surface area contributed by atoms with Gasteiger partial charge in [-0.25, -0.2) is 8.42 Å². The summed E-state index contributed by atoms with van der Waals surface area (Å²) < 4.78 is 38.5. The van der Waals surface area contributed by atoms with Crippen molar-refractivity contribution in [1.29, 1.82) is 0 Å². The number of aryl methyl sites for hydroxylation is 1. The van der Waals surface area contributed by atoms with Gasteiger partial charge < -0.3 is 9.47 Å². The third kappa shape index (κ3) is 5.02. The van der Waals surface area contributed by atoms with Crippen molar-refractivity contribution in [3.8, 4) is 11.5 Å². The molecule has 1 heterocycles. The van der Waals surface area contributed by atoms with E-state index >= 15 is 0 Å². The van der Waals surface area contributed by atoms with Crippen LogP contribution in [0.2, 0.25) is 0 Å². The highest BCUT2D eigenvalue weighted by molar-refractivity contribution is 7.89. The third-order valence-corrected chi connectivity index (χ3v) is 6.73. The van der Waals surface area contributed by atoms with E-state index in [1.807, 2.05) is 38.1 Å². The van der Waals surface area contributed by atoms with Crippen LogP contribution in [-0.4, -0.2) is 39.0 Å². The summed E-state index contributed by atoms with van der Waals surface area (Å²) >= 11 is 0. The van der Waals surface area contributed by atoms with Crippen molar-refractivity contribution >= 4 is 10.0 Å². The van der Waals surface area contributed by atoms with Gasteiger partial charge in [0.15, 0.2) is 0 Å². The molecule has 1 fully saturated rings. The summed E-state index contributed by atoms with van der Waals surface area (Å²) in [5, 5.41) is 0. The average molecular weight is 390 g/mol. The largest absolute Gasteiger partial charge is 0.494 e. The lowest BCUT2D eigenvalue weighted by molar-refractivity contribution is 0.185. The van der Waals surface area contributed by atoms with Gasteiger partial charge in [-0.3, -0.25) is 0 Å². The third-order valence-electron chi connectivity index (χ3n) is 4.82. The van der Waals surface area contributed by atoms with Crippen LogP contribution >= 0.6 is 0 Å².